The van der Waals surface area contributed by atoms with Crippen molar-refractivity contribution in [2.45, 2.75) is 19.9 Å². The number of nitrogens with one attached hydrogen (secondary N) is 1. The van der Waals surface area contributed by atoms with Gasteiger partial charge in [0.1, 0.15) is 5.82 Å². The molecule has 0 radical (unpaired) electrons. The van der Waals surface area contributed by atoms with Crippen molar-refractivity contribution < 1.29 is 9.13 Å². The maximum absolute atomic E-state index is 13.8. The van der Waals surface area contributed by atoms with E-state index in [4.69, 9.17) is 4.74 Å². The van der Waals surface area contributed by atoms with Crippen LogP contribution in [0.2, 0.25) is 0 Å². The van der Waals surface area contributed by atoms with Crippen LogP contribution in [0.1, 0.15) is 18.9 Å². The molecule has 130 valence electrons. The third-order valence-corrected chi connectivity index (χ3v) is 4.15. The molecule has 0 amide bonds. The highest BCUT2D eigenvalue weighted by molar-refractivity contribution is 14.0. The zero-order valence-electron chi connectivity index (χ0n) is 13.5. The fourth-order valence-electron chi connectivity index (χ4n) is 2.50. The van der Waals surface area contributed by atoms with Crippen molar-refractivity contribution >= 4 is 45.9 Å². The van der Waals surface area contributed by atoms with Gasteiger partial charge in [-0.05, 0) is 31.5 Å². The van der Waals surface area contributed by atoms with Crippen molar-refractivity contribution in [3.8, 4) is 0 Å². The number of rotatable bonds is 5. The summed E-state index contributed by atoms with van der Waals surface area (Å²) in [5.74, 6) is 1.11. The van der Waals surface area contributed by atoms with Crippen LogP contribution in [0.3, 0.4) is 0 Å². The van der Waals surface area contributed by atoms with E-state index in [1.807, 2.05) is 14.0 Å². The van der Waals surface area contributed by atoms with Gasteiger partial charge in [0, 0.05) is 42.7 Å². The minimum absolute atomic E-state index is 0. The van der Waals surface area contributed by atoms with E-state index in [1.165, 1.54) is 6.07 Å². The summed E-state index contributed by atoms with van der Waals surface area (Å²) in [5, 5.41) is 3.26. The Morgan fingerprint density at radius 3 is 2.96 bits per heavy atom. The van der Waals surface area contributed by atoms with Crippen molar-refractivity contribution in [1.82, 2.24) is 10.2 Å². The van der Waals surface area contributed by atoms with Gasteiger partial charge in [0.05, 0.1) is 13.2 Å². The van der Waals surface area contributed by atoms with Crippen LogP contribution in [0.5, 0.6) is 0 Å². The molecule has 1 unspecified atom stereocenters. The summed E-state index contributed by atoms with van der Waals surface area (Å²) in [4.78, 5) is 6.65. The van der Waals surface area contributed by atoms with Crippen molar-refractivity contribution in [3.63, 3.8) is 0 Å². The molecule has 1 aromatic carbocycles. The Morgan fingerprint density at radius 2 is 2.30 bits per heavy atom. The summed E-state index contributed by atoms with van der Waals surface area (Å²) >= 11 is 3.37. The number of halogens is 3. The molecule has 0 saturated carbocycles. The van der Waals surface area contributed by atoms with Crippen LogP contribution < -0.4 is 5.32 Å². The standard InChI is InChI=1S/C16H23BrFN3O.HI/c1-3-19-16(21(2)10-12-6-7-22-11-12)20-9-13-8-14(17)4-5-15(13)18;/h4-5,8,12H,3,6-7,9-11H2,1-2H3,(H,19,20);1H. The van der Waals surface area contributed by atoms with Crippen LogP contribution in [0.25, 0.3) is 0 Å². The monoisotopic (exact) mass is 499 g/mol. The second-order valence-corrected chi connectivity index (χ2v) is 6.43. The number of hydrogen-bond acceptors (Lipinski definition) is 2. The Morgan fingerprint density at radius 1 is 1.52 bits per heavy atom. The van der Waals surface area contributed by atoms with Gasteiger partial charge in [-0.15, -0.1) is 24.0 Å². The van der Waals surface area contributed by atoms with Crippen LogP contribution in [0.4, 0.5) is 4.39 Å². The molecule has 1 aliphatic heterocycles. The highest BCUT2D eigenvalue weighted by atomic mass is 127. The molecule has 1 fully saturated rings. The summed E-state index contributed by atoms with van der Waals surface area (Å²) in [7, 11) is 2.01. The first-order chi connectivity index (χ1) is 10.6. The first kappa shape index (κ1) is 20.6. The fourth-order valence-corrected chi connectivity index (χ4v) is 2.90. The topological polar surface area (TPSA) is 36.9 Å². The van der Waals surface area contributed by atoms with Crippen molar-refractivity contribution in [1.29, 1.82) is 0 Å². The Bertz CT molecular complexity index is 524. The van der Waals surface area contributed by atoms with E-state index >= 15 is 0 Å². The number of ether oxygens (including phenoxy) is 1. The molecule has 1 aliphatic rings. The van der Waals surface area contributed by atoms with Gasteiger partial charge in [-0.25, -0.2) is 9.38 Å². The molecular formula is C16H24BrFIN3O. The zero-order chi connectivity index (χ0) is 15.9. The zero-order valence-corrected chi connectivity index (χ0v) is 17.4. The van der Waals surface area contributed by atoms with Crippen LogP contribution in [-0.4, -0.2) is 44.2 Å². The normalized spacial score (nSPS) is 17.7. The lowest BCUT2D eigenvalue weighted by atomic mass is 10.1. The van der Waals surface area contributed by atoms with Gasteiger partial charge < -0.3 is 15.0 Å². The lowest BCUT2D eigenvalue weighted by molar-refractivity contribution is 0.181. The molecule has 1 aromatic rings. The SMILES string of the molecule is CCNC(=NCc1cc(Br)ccc1F)N(C)CC1CCOC1.I. The van der Waals surface area contributed by atoms with Crippen LogP contribution in [0, 0.1) is 11.7 Å². The second-order valence-electron chi connectivity index (χ2n) is 5.52. The average Bonchev–Trinajstić information content (AvgIpc) is 2.99. The van der Waals surface area contributed by atoms with Crippen LogP contribution in [-0.2, 0) is 11.3 Å². The molecular weight excluding hydrogens is 476 g/mol. The number of aliphatic imine (C=N–C) groups is 1. The third kappa shape index (κ3) is 6.54. The summed E-state index contributed by atoms with van der Waals surface area (Å²) in [6.45, 7) is 5.68. The van der Waals surface area contributed by atoms with E-state index < -0.39 is 0 Å². The summed E-state index contributed by atoms with van der Waals surface area (Å²) < 4.78 is 20.1. The smallest absolute Gasteiger partial charge is 0.193 e. The van der Waals surface area contributed by atoms with Crippen LogP contribution >= 0.6 is 39.9 Å². The van der Waals surface area contributed by atoms with Gasteiger partial charge in [0.2, 0.25) is 0 Å². The first-order valence-corrected chi connectivity index (χ1v) is 8.40. The first-order valence-electron chi connectivity index (χ1n) is 7.61. The van der Waals surface area contributed by atoms with E-state index in [0.717, 1.165) is 43.2 Å². The van der Waals surface area contributed by atoms with Gasteiger partial charge in [0.15, 0.2) is 5.96 Å². The molecule has 23 heavy (non-hydrogen) atoms. The molecule has 4 nitrogen and oxygen atoms in total. The largest absolute Gasteiger partial charge is 0.381 e. The highest BCUT2D eigenvalue weighted by Crippen LogP contribution is 2.17. The molecule has 0 aliphatic carbocycles. The van der Waals surface area contributed by atoms with Crippen LogP contribution in [0.15, 0.2) is 27.7 Å². The molecule has 1 heterocycles. The van der Waals surface area contributed by atoms with E-state index in [1.54, 1.807) is 12.1 Å². The van der Waals surface area contributed by atoms with Gasteiger partial charge in [-0.2, -0.15) is 0 Å². The molecule has 0 spiro atoms. The van der Waals surface area contributed by atoms with E-state index in [0.29, 0.717) is 18.0 Å². The quantitative estimate of drug-likeness (QED) is 0.382. The molecule has 7 heteroatoms. The summed E-state index contributed by atoms with van der Waals surface area (Å²) in [6.07, 6.45) is 1.09. The number of guanidine groups is 1. The number of benzene rings is 1. The number of hydrogen-bond donors (Lipinski definition) is 1. The Balaban J connectivity index is 0.00000264. The molecule has 1 atom stereocenters. The highest BCUT2D eigenvalue weighted by Gasteiger charge is 2.19. The maximum Gasteiger partial charge on any atom is 0.193 e. The minimum atomic E-state index is -0.227. The summed E-state index contributed by atoms with van der Waals surface area (Å²) in [5.41, 5.74) is 0.586. The Labute approximate surface area is 163 Å². The predicted octanol–water partition coefficient (Wildman–Crippen LogP) is 3.64. The van der Waals surface area contributed by atoms with E-state index in [2.05, 4.69) is 31.1 Å². The molecule has 1 saturated heterocycles. The van der Waals surface area contributed by atoms with Gasteiger partial charge in [-0.1, -0.05) is 15.9 Å². The Hall–Kier alpha value is -0.410. The summed E-state index contributed by atoms with van der Waals surface area (Å²) in [6, 6.07) is 4.93. The lowest BCUT2D eigenvalue weighted by Gasteiger charge is -2.24. The minimum Gasteiger partial charge on any atom is -0.381 e. The molecule has 2 rings (SSSR count). The predicted molar refractivity (Wildman–Crippen MR) is 106 cm³/mol. The fraction of sp³-hybridized carbons (Fsp3) is 0.562. The van der Waals surface area contributed by atoms with Gasteiger partial charge >= 0.3 is 0 Å². The lowest BCUT2D eigenvalue weighted by Crippen LogP contribution is -2.41. The van der Waals surface area contributed by atoms with Gasteiger partial charge in [0.25, 0.3) is 0 Å². The van der Waals surface area contributed by atoms with Crippen molar-refractivity contribution in [3.05, 3.63) is 34.1 Å². The molecule has 1 N–H and O–H groups in total. The third-order valence-electron chi connectivity index (χ3n) is 3.66. The Kier molecular flexibility index (Phi) is 9.38. The maximum atomic E-state index is 13.8. The van der Waals surface area contributed by atoms with E-state index in [-0.39, 0.29) is 29.8 Å². The second kappa shape index (κ2) is 10.5. The van der Waals surface area contributed by atoms with Crippen molar-refractivity contribution in [2.75, 3.05) is 33.4 Å². The molecule has 0 bridgehead atoms. The molecule has 0 aromatic heterocycles. The van der Waals surface area contributed by atoms with E-state index in [9.17, 15) is 4.39 Å². The number of nitrogens with zero attached hydrogens (tertiary/aromatic N) is 2. The van der Waals surface area contributed by atoms with Crippen molar-refractivity contribution in [2.24, 2.45) is 10.9 Å². The average molecular weight is 500 g/mol. The van der Waals surface area contributed by atoms with Gasteiger partial charge in [-0.3, -0.25) is 0 Å².